The summed E-state index contributed by atoms with van der Waals surface area (Å²) in [5, 5.41) is 1.04. The van der Waals surface area contributed by atoms with Gasteiger partial charge in [-0.15, -0.1) is 0 Å². The summed E-state index contributed by atoms with van der Waals surface area (Å²) in [5.41, 5.74) is 4.12. The summed E-state index contributed by atoms with van der Waals surface area (Å²) in [5.74, 6) is 0.750. The third-order valence-electron chi connectivity index (χ3n) is 7.06. The van der Waals surface area contributed by atoms with Gasteiger partial charge in [-0.05, 0) is 24.3 Å². The minimum absolute atomic E-state index is 0.365. The van der Waals surface area contributed by atoms with Crippen molar-refractivity contribution in [2.45, 2.75) is 6.17 Å². The molecule has 0 spiro atoms. The van der Waals surface area contributed by atoms with Crippen LogP contribution in [0, 0.1) is 0 Å². The normalized spacial score (nSPS) is 17.9. The van der Waals surface area contributed by atoms with Crippen LogP contribution in [-0.2, 0) is 9.53 Å². The second-order valence-corrected chi connectivity index (χ2v) is 9.10. The molecule has 0 amide bonds. The molecule has 0 bridgehead atoms. The standard InChI is InChI=1S/C27H29N7O2/c35-20-25(34-9-7-21-4-3-8-28-26(21)34)32-12-10-31(11-13-32)24-6-2-1-5-23(24)22-18-29-27(30-19-22)33-14-16-36-17-15-33/h1-9,18-20,25H,10-17H2. The number of fused-ring (bicyclic) bond motifs is 1. The van der Waals surface area contributed by atoms with Gasteiger partial charge in [-0.3, -0.25) is 9.69 Å². The molecule has 1 aromatic carbocycles. The molecule has 9 nitrogen and oxygen atoms in total. The summed E-state index contributed by atoms with van der Waals surface area (Å²) in [6, 6.07) is 14.4. The minimum Gasteiger partial charge on any atom is -0.378 e. The molecule has 5 heterocycles. The Hall–Kier alpha value is -3.82. The summed E-state index contributed by atoms with van der Waals surface area (Å²) in [7, 11) is 0. The van der Waals surface area contributed by atoms with Crippen LogP contribution in [0.3, 0.4) is 0 Å². The number of morpholine rings is 1. The van der Waals surface area contributed by atoms with E-state index in [1.165, 1.54) is 0 Å². The van der Waals surface area contributed by atoms with E-state index >= 15 is 0 Å². The second kappa shape index (κ2) is 10.0. The van der Waals surface area contributed by atoms with Gasteiger partial charge in [0.1, 0.15) is 11.8 Å². The van der Waals surface area contributed by atoms with Crippen LogP contribution in [0.5, 0.6) is 0 Å². The molecule has 4 aromatic rings. The number of ether oxygens (including phenoxy) is 1. The molecule has 2 saturated heterocycles. The predicted octanol–water partition coefficient (Wildman–Crippen LogP) is 2.85. The van der Waals surface area contributed by atoms with Gasteiger partial charge in [-0.25, -0.2) is 15.0 Å². The van der Waals surface area contributed by atoms with E-state index in [4.69, 9.17) is 4.74 Å². The number of aldehydes is 1. The fourth-order valence-corrected chi connectivity index (χ4v) is 5.14. The van der Waals surface area contributed by atoms with Gasteiger partial charge in [0.25, 0.3) is 0 Å². The summed E-state index contributed by atoms with van der Waals surface area (Å²) in [4.78, 5) is 32.7. The van der Waals surface area contributed by atoms with Gasteiger partial charge in [0.15, 0.2) is 6.29 Å². The van der Waals surface area contributed by atoms with E-state index in [1.54, 1.807) is 6.20 Å². The van der Waals surface area contributed by atoms with Crippen LogP contribution in [0.25, 0.3) is 22.2 Å². The summed E-state index contributed by atoms with van der Waals surface area (Å²) in [6.07, 6.45) is 8.21. The van der Waals surface area contributed by atoms with Crippen molar-refractivity contribution in [1.29, 1.82) is 0 Å². The Morgan fingerprint density at radius 1 is 0.833 bits per heavy atom. The number of rotatable bonds is 6. The maximum atomic E-state index is 12.2. The van der Waals surface area contributed by atoms with Gasteiger partial charge < -0.3 is 19.1 Å². The van der Waals surface area contributed by atoms with Crippen molar-refractivity contribution in [3.63, 3.8) is 0 Å². The summed E-state index contributed by atoms with van der Waals surface area (Å²) in [6.45, 7) is 6.24. The van der Waals surface area contributed by atoms with Crippen molar-refractivity contribution in [3.05, 3.63) is 67.3 Å². The molecule has 1 unspecified atom stereocenters. The van der Waals surface area contributed by atoms with Crippen LogP contribution in [0.2, 0.25) is 0 Å². The van der Waals surface area contributed by atoms with Gasteiger partial charge in [0, 0.05) is 86.3 Å². The molecule has 2 aliphatic heterocycles. The first kappa shape index (κ1) is 22.6. The molecule has 6 rings (SSSR count). The molecule has 0 saturated carbocycles. The van der Waals surface area contributed by atoms with E-state index in [0.29, 0.717) is 13.2 Å². The molecule has 9 heteroatoms. The maximum absolute atomic E-state index is 12.2. The first-order valence-electron chi connectivity index (χ1n) is 12.4. The topological polar surface area (TPSA) is 79.6 Å². The van der Waals surface area contributed by atoms with Crippen molar-refractivity contribution < 1.29 is 9.53 Å². The lowest BCUT2D eigenvalue weighted by Gasteiger charge is -2.39. The zero-order valence-electron chi connectivity index (χ0n) is 20.1. The Kier molecular flexibility index (Phi) is 6.31. The van der Waals surface area contributed by atoms with Crippen molar-refractivity contribution >= 4 is 29.0 Å². The number of carbonyl (C=O) groups excluding carboxylic acids is 1. The van der Waals surface area contributed by atoms with Gasteiger partial charge in [0.05, 0.1) is 13.2 Å². The van der Waals surface area contributed by atoms with E-state index in [1.807, 2.05) is 41.4 Å². The van der Waals surface area contributed by atoms with Gasteiger partial charge >= 0.3 is 0 Å². The second-order valence-electron chi connectivity index (χ2n) is 9.10. The molecule has 36 heavy (non-hydrogen) atoms. The van der Waals surface area contributed by atoms with E-state index in [2.05, 4.69) is 53.9 Å². The lowest BCUT2D eigenvalue weighted by molar-refractivity contribution is -0.115. The van der Waals surface area contributed by atoms with Crippen LogP contribution >= 0.6 is 0 Å². The Morgan fingerprint density at radius 3 is 2.39 bits per heavy atom. The maximum Gasteiger partial charge on any atom is 0.225 e. The molecule has 184 valence electrons. The highest BCUT2D eigenvalue weighted by atomic mass is 16.5. The number of benzene rings is 1. The third-order valence-corrected chi connectivity index (χ3v) is 7.06. The number of piperazine rings is 1. The number of pyridine rings is 1. The zero-order chi connectivity index (χ0) is 24.3. The lowest BCUT2D eigenvalue weighted by atomic mass is 10.1. The van der Waals surface area contributed by atoms with E-state index in [0.717, 1.165) is 79.4 Å². The fraction of sp³-hybridized carbons (Fsp3) is 0.333. The number of hydrogen-bond acceptors (Lipinski definition) is 8. The number of anilines is 2. The average Bonchev–Trinajstić information content (AvgIpc) is 3.38. The zero-order valence-corrected chi connectivity index (χ0v) is 20.1. The molecule has 2 fully saturated rings. The number of nitrogens with zero attached hydrogens (tertiary/aromatic N) is 7. The quantitative estimate of drug-likeness (QED) is 0.388. The Labute approximate surface area is 209 Å². The highest BCUT2D eigenvalue weighted by Gasteiger charge is 2.27. The van der Waals surface area contributed by atoms with Gasteiger partial charge in [0.2, 0.25) is 5.95 Å². The van der Waals surface area contributed by atoms with Crippen LogP contribution in [0.15, 0.2) is 67.3 Å². The highest BCUT2D eigenvalue weighted by molar-refractivity contribution is 5.79. The molecule has 2 aliphatic rings. The molecular weight excluding hydrogens is 454 g/mol. The highest BCUT2D eigenvalue weighted by Crippen LogP contribution is 2.32. The van der Waals surface area contributed by atoms with Gasteiger partial charge in [-0.1, -0.05) is 18.2 Å². The first-order chi connectivity index (χ1) is 17.8. The summed E-state index contributed by atoms with van der Waals surface area (Å²) >= 11 is 0. The van der Waals surface area contributed by atoms with Crippen molar-refractivity contribution in [3.8, 4) is 11.1 Å². The number of aromatic nitrogens is 4. The Bertz CT molecular complexity index is 1330. The molecule has 0 radical (unpaired) electrons. The average molecular weight is 484 g/mol. The first-order valence-corrected chi connectivity index (χ1v) is 12.4. The van der Waals surface area contributed by atoms with Crippen LogP contribution in [0.4, 0.5) is 11.6 Å². The van der Waals surface area contributed by atoms with Crippen molar-refractivity contribution in [1.82, 2.24) is 24.4 Å². The monoisotopic (exact) mass is 483 g/mol. The Balaban J connectivity index is 1.18. The number of hydrogen-bond donors (Lipinski definition) is 0. The van der Waals surface area contributed by atoms with Crippen molar-refractivity contribution in [2.24, 2.45) is 0 Å². The van der Waals surface area contributed by atoms with E-state index < -0.39 is 0 Å². The molecule has 0 N–H and O–H groups in total. The fourth-order valence-electron chi connectivity index (χ4n) is 5.14. The lowest BCUT2D eigenvalue weighted by Crippen LogP contribution is -2.49. The largest absolute Gasteiger partial charge is 0.378 e. The molecule has 1 atom stereocenters. The predicted molar refractivity (Wildman–Crippen MR) is 139 cm³/mol. The summed E-state index contributed by atoms with van der Waals surface area (Å²) < 4.78 is 7.41. The minimum atomic E-state index is -0.365. The van der Waals surface area contributed by atoms with Crippen molar-refractivity contribution in [2.75, 3.05) is 62.3 Å². The smallest absolute Gasteiger partial charge is 0.225 e. The molecule has 3 aromatic heterocycles. The molecule has 0 aliphatic carbocycles. The van der Waals surface area contributed by atoms with Crippen LogP contribution in [-0.4, -0.2) is 83.2 Å². The van der Waals surface area contributed by atoms with Crippen LogP contribution in [0.1, 0.15) is 6.17 Å². The number of carbonyl (C=O) groups is 1. The Morgan fingerprint density at radius 2 is 1.61 bits per heavy atom. The van der Waals surface area contributed by atoms with E-state index in [9.17, 15) is 4.79 Å². The van der Waals surface area contributed by atoms with Gasteiger partial charge in [-0.2, -0.15) is 0 Å². The SMILES string of the molecule is O=CC(N1CCN(c2ccccc2-c2cnc(N3CCOCC3)nc2)CC1)n1ccc2cccnc21. The molecular formula is C27H29N7O2. The number of para-hydroxylation sites is 1. The van der Waals surface area contributed by atoms with Crippen LogP contribution < -0.4 is 9.80 Å². The van der Waals surface area contributed by atoms with E-state index in [-0.39, 0.29) is 6.17 Å². The third kappa shape index (κ3) is 4.31.